The van der Waals surface area contributed by atoms with Crippen molar-refractivity contribution in [3.05, 3.63) is 35.5 Å². The predicted octanol–water partition coefficient (Wildman–Crippen LogP) is 5.76. The predicted molar refractivity (Wildman–Crippen MR) is 127 cm³/mol. The summed E-state index contributed by atoms with van der Waals surface area (Å²) in [7, 11) is 0. The third-order valence-electron chi connectivity index (χ3n) is 8.03. The minimum atomic E-state index is -1.00. The summed E-state index contributed by atoms with van der Waals surface area (Å²) in [6.07, 6.45) is 12.8. The van der Waals surface area contributed by atoms with E-state index in [1.807, 2.05) is 0 Å². The van der Waals surface area contributed by atoms with Gasteiger partial charge in [-0.3, -0.25) is 0 Å². The van der Waals surface area contributed by atoms with Crippen LogP contribution in [-0.2, 0) is 0 Å². The molecule has 3 fully saturated rings. The summed E-state index contributed by atoms with van der Waals surface area (Å²) < 4.78 is 0. The lowest BCUT2D eigenvalue weighted by atomic mass is 9.63. The molecule has 0 radical (unpaired) electrons. The van der Waals surface area contributed by atoms with Crippen molar-refractivity contribution >= 4 is 11.8 Å². The van der Waals surface area contributed by atoms with Gasteiger partial charge in [0.1, 0.15) is 4.93 Å². The molecule has 3 N–H and O–H groups in total. The van der Waals surface area contributed by atoms with Crippen LogP contribution in [0.4, 0.5) is 0 Å². The average molecular weight is 435 g/mol. The molecular formula is C26H42O3S. The molecular weight excluding hydrogens is 392 g/mol. The molecule has 0 saturated heterocycles. The van der Waals surface area contributed by atoms with Crippen LogP contribution in [0.5, 0.6) is 0 Å². The van der Waals surface area contributed by atoms with E-state index < -0.39 is 16.6 Å². The quantitative estimate of drug-likeness (QED) is 0.465. The SMILES string of the molecule is C=C1C(=CC=C2CCC[C@]3(C)[C@@H](CC)CC[C@@H]23)C[C@](O)(SCCC(C)(C)O)C[C@@H]1O. The number of thioether (sulfide) groups is 1. The molecule has 5 atom stereocenters. The van der Waals surface area contributed by atoms with E-state index in [1.54, 1.807) is 19.4 Å². The van der Waals surface area contributed by atoms with Gasteiger partial charge in [-0.25, -0.2) is 0 Å². The molecule has 3 aliphatic carbocycles. The fourth-order valence-electron chi connectivity index (χ4n) is 6.11. The van der Waals surface area contributed by atoms with E-state index in [0.717, 1.165) is 17.1 Å². The highest BCUT2D eigenvalue weighted by Gasteiger charge is 2.48. The molecule has 0 bridgehead atoms. The molecule has 0 unspecified atom stereocenters. The molecule has 3 saturated carbocycles. The van der Waals surface area contributed by atoms with Gasteiger partial charge in [0.2, 0.25) is 0 Å². The van der Waals surface area contributed by atoms with Gasteiger partial charge in [0.15, 0.2) is 0 Å². The van der Waals surface area contributed by atoms with Gasteiger partial charge in [0, 0.05) is 12.8 Å². The maximum Gasteiger partial charge on any atom is 0.117 e. The van der Waals surface area contributed by atoms with Crippen LogP contribution in [0.2, 0.25) is 0 Å². The normalized spacial score (nSPS) is 40.2. The van der Waals surface area contributed by atoms with E-state index in [0.29, 0.717) is 36.3 Å². The zero-order chi connectivity index (χ0) is 22.2. The van der Waals surface area contributed by atoms with Crippen LogP contribution >= 0.6 is 11.8 Å². The first kappa shape index (κ1) is 24.1. The van der Waals surface area contributed by atoms with Gasteiger partial charge in [0.05, 0.1) is 11.7 Å². The number of allylic oxidation sites excluding steroid dienone is 3. The van der Waals surface area contributed by atoms with Gasteiger partial charge in [0.25, 0.3) is 0 Å². The van der Waals surface area contributed by atoms with Gasteiger partial charge in [-0.15, -0.1) is 11.8 Å². The van der Waals surface area contributed by atoms with Crippen LogP contribution < -0.4 is 0 Å². The van der Waals surface area contributed by atoms with E-state index in [-0.39, 0.29) is 0 Å². The fraction of sp³-hybridized carbons (Fsp3) is 0.769. The van der Waals surface area contributed by atoms with E-state index >= 15 is 0 Å². The van der Waals surface area contributed by atoms with Crippen molar-refractivity contribution < 1.29 is 15.3 Å². The zero-order valence-corrected chi connectivity index (χ0v) is 20.2. The summed E-state index contributed by atoms with van der Waals surface area (Å²) >= 11 is 1.45. The third kappa shape index (κ3) is 5.26. The molecule has 3 nitrogen and oxygen atoms in total. The van der Waals surface area contributed by atoms with Crippen LogP contribution in [0.25, 0.3) is 0 Å². The molecule has 0 aromatic carbocycles. The van der Waals surface area contributed by atoms with Crippen molar-refractivity contribution in [3.63, 3.8) is 0 Å². The first-order valence-corrected chi connectivity index (χ1v) is 12.8. The first-order chi connectivity index (χ1) is 14.0. The van der Waals surface area contributed by atoms with Crippen LogP contribution in [0.15, 0.2) is 35.5 Å². The number of hydrogen-bond donors (Lipinski definition) is 3. The largest absolute Gasteiger partial charge is 0.390 e. The summed E-state index contributed by atoms with van der Waals surface area (Å²) in [4.78, 5) is -1.00. The van der Waals surface area contributed by atoms with Crippen molar-refractivity contribution in [2.45, 2.75) is 102 Å². The molecule has 0 aromatic rings. The number of aliphatic hydroxyl groups excluding tert-OH is 1. The van der Waals surface area contributed by atoms with Gasteiger partial charge < -0.3 is 15.3 Å². The second-order valence-electron chi connectivity index (χ2n) is 10.8. The molecule has 0 aliphatic heterocycles. The molecule has 3 rings (SSSR count). The Bertz CT molecular complexity index is 704. The molecule has 3 aliphatic rings. The molecule has 0 aromatic heterocycles. The number of hydrogen-bond acceptors (Lipinski definition) is 4. The number of aliphatic hydroxyl groups is 3. The average Bonchev–Trinajstić information content (AvgIpc) is 2.99. The van der Waals surface area contributed by atoms with Crippen molar-refractivity contribution in [2.24, 2.45) is 17.3 Å². The minimum Gasteiger partial charge on any atom is -0.390 e. The molecule has 0 spiro atoms. The summed E-state index contributed by atoms with van der Waals surface area (Å²) in [5.74, 6) is 2.17. The fourth-order valence-corrected chi connectivity index (χ4v) is 7.63. The smallest absolute Gasteiger partial charge is 0.117 e. The molecule has 4 heteroatoms. The van der Waals surface area contributed by atoms with Crippen LogP contribution in [0, 0.1) is 17.3 Å². The second kappa shape index (κ2) is 9.13. The Morgan fingerprint density at radius 2 is 2.00 bits per heavy atom. The monoisotopic (exact) mass is 434 g/mol. The molecule has 0 heterocycles. The highest BCUT2D eigenvalue weighted by molar-refractivity contribution is 8.00. The van der Waals surface area contributed by atoms with E-state index in [1.165, 1.54) is 50.3 Å². The van der Waals surface area contributed by atoms with E-state index in [9.17, 15) is 15.3 Å². The Kier molecular flexibility index (Phi) is 7.34. The molecule has 170 valence electrons. The maximum atomic E-state index is 11.1. The maximum absolute atomic E-state index is 11.1. The Balaban J connectivity index is 1.75. The standard InChI is InChI=1S/C26H42O3S/c1-6-21-11-12-22-19(8-7-13-25(21,22)5)9-10-20-16-26(29,17-23(27)18(20)2)30-15-14-24(3,4)28/h9-10,21-23,27-29H,2,6-8,11-17H2,1,3-5H3/t21-,22-,23-,25+,26-/m0/s1. The first-order valence-electron chi connectivity index (χ1n) is 11.8. The van der Waals surface area contributed by atoms with Crippen molar-refractivity contribution in [1.29, 1.82) is 0 Å². The van der Waals surface area contributed by atoms with Crippen LogP contribution in [-0.4, -0.2) is 37.7 Å². The minimum absolute atomic E-state index is 0.301. The topological polar surface area (TPSA) is 60.7 Å². The van der Waals surface area contributed by atoms with Crippen LogP contribution in [0.3, 0.4) is 0 Å². The summed E-state index contributed by atoms with van der Waals surface area (Å²) in [5, 5.41) is 31.7. The number of rotatable bonds is 6. The van der Waals surface area contributed by atoms with E-state index in [2.05, 4.69) is 32.6 Å². The van der Waals surface area contributed by atoms with Crippen molar-refractivity contribution in [1.82, 2.24) is 0 Å². The second-order valence-corrected chi connectivity index (χ2v) is 12.3. The van der Waals surface area contributed by atoms with Gasteiger partial charge in [-0.05, 0) is 86.5 Å². The van der Waals surface area contributed by atoms with Crippen LogP contribution in [0.1, 0.15) is 85.5 Å². The zero-order valence-electron chi connectivity index (χ0n) is 19.4. The Labute approximate surface area is 187 Å². The lowest BCUT2D eigenvalue weighted by molar-refractivity contribution is 0.0593. The lowest BCUT2D eigenvalue weighted by Crippen LogP contribution is -2.37. The van der Waals surface area contributed by atoms with Crippen molar-refractivity contribution in [3.8, 4) is 0 Å². The summed E-state index contributed by atoms with van der Waals surface area (Å²) in [5.41, 5.74) is 2.97. The molecule has 0 amide bonds. The summed E-state index contributed by atoms with van der Waals surface area (Å²) in [6, 6.07) is 0. The third-order valence-corrected chi connectivity index (χ3v) is 9.29. The van der Waals surface area contributed by atoms with Gasteiger partial charge in [-0.1, -0.05) is 44.6 Å². The van der Waals surface area contributed by atoms with Crippen molar-refractivity contribution in [2.75, 3.05) is 5.75 Å². The highest BCUT2D eigenvalue weighted by Crippen LogP contribution is 2.58. The summed E-state index contributed by atoms with van der Waals surface area (Å²) in [6.45, 7) is 12.5. The number of fused-ring (bicyclic) bond motifs is 1. The van der Waals surface area contributed by atoms with Gasteiger partial charge in [-0.2, -0.15) is 0 Å². The Hall–Kier alpha value is -0.550. The van der Waals surface area contributed by atoms with Gasteiger partial charge >= 0.3 is 0 Å². The molecule has 30 heavy (non-hydrogen) atoms. The Morgan fingerprint density at radius 1 is 1.27 bits per heavy atom. The highest BCUT2D eigenvalue weighted by atomic mass is 32.2. The Morgan fingerprint density at radius 3 is 2.67 bits per heavy atom. The van der Waals surface area contributed by atoms with E-state index in [4.69, 9.17) is 0 Å². The lowest BCUT2D eigenvalue weighted by Gasteiger charge is -2.42.